The Morgan fingerprint density at radius 2 is 2.05 bits per heavy atom. The predicted molar refractivity (Wildman–Crippen MR) is 80.5 cm³/mol. The van der Waals surface area contributed by atoms with Gasteiger partial charge in [0.2, 0.25) is 5.88 Å². The molecule has 1 unspecified atom stereocenters. The van der Waals surface area contributed by atoms with Crippen LogP contribution in [0.1, 0.15) is 51.3 Å². The van der Waals surface area contributed by atoms with Gasteiger partial charge in [-0.2, -0.15) is 0 Å². The van der Waals surface area contributed by atoms with E-state index in [2.05, 4.69) is 37.1 Å². The summed E-state index contributed by atoms with van der Waals surface area (Å²) in [6.07, 6.45) is 3.57. The first-order valence-corrected chi connectivity index (χ1v) is 7.46. The molecule has 0 amide bonds. The van der Waals surface area contributed by atoms with Crippen LogP contribution in [0.5, 0.6) is 5.88 Å². The molecule has 0 aliphatic rings. The topological polar surface area (TPSA) is 34.2 Å². The Labute approximate surface area is 117 Å². The van der Waals surface area contributed by atoms with Crippen molar-refractivity contribution in [2.75, 3.05) is 13.2 Å². The first kappa shape index (κ1) is 16.0. The van der Waals surface area contributed by atoms with Gasteiger partial charge in [-0.3, -0.25) is 0 Å². The van der Waals surface area contributed by atoms with E-state index in [1.54, 1.807) is 0 Å². The lowest BCUT2D eigenvalue weighted by atomic mass is 10.1. The highest BCUT2D eigenvalue weighted by Crippen LogP contribution is 2.14. The number of ether oxygens (including phenoxy) is 1. The van der Waals surface area contributed by atoms with Crippen molar-refractivity contribution in [2.24, 2.45) is 5.92 Å². The standard InChI is InChI=1S/C16H28N2O/c1-5-7-13(3)12-19-16-10-15(9-14(4)18-16)11-17-8-6-2/h9-10,13,17H,5-8,11-12H2,1-4H3. The van der Waals surface area contributed by atoms with E-state index in [1.807, 2.05) is 13.0 Å². The van der Waals surface area contributed by atoms with Crippen LogP contribution in [0, 0.1) is 12.8 Å². The van der Waals surface area contributed by atoms with E-state index in [4.69, 9.17) is 4.74 Å². The number of hydrogen-bond donors (Lipinski definition) is 1. The number of nitrogens with one attached hydrogen (secondary N) is 1. The molecule has 1 atom stereocenters. The Bertz CT molecular complexity index is 366. The Morgan fingerprint density at radius 1 is 1.26 bits per heavy atom. The largest absolute Gasteiger partial charge is 0.477 e. The van der Waals surface area contributed by atoms with Crippen LogP contribution in [-0.2, 0) is 6.54 Å². The maximum Gasteiger partial charge on any atom is 0.213 e. The monoisotopic (exact) mass is 264 g/mol. The normalized spacial score (nSPS) is 12.4. The van der Waals surface area contributed by atoms with Crippen LogP contribution in [-0.4, -0.2) is 18.1 Å². The molecule has 0 saturated carbocycles. The van der Waals surface area contributed by atoms with Crippen molar-refractivity contribution >= 4 is 0 Å². The lowest BCUT2D eigenvalue weighted by molar-refractivity contribution is 0.242. The molecular weight excluding hydrogens is 236 g/mol. The van der Waals surface area contributed by atoms with E-state index in [9.17, 15) is 0 Å². The third-order valence-corrected chi connectivity index (χ3v) is 3.04. The van der Waals surface area contributed by atoms with Crippen LogP contribution < -0.4 is 10.1 Å². The number of pyridine rings is 1. The average Bonchev–Trinajstić information content (AvgIpc) is 2.37. The summed E-state index contributed by atoms with van der Waals surface area (Å²) in [6, 6.07) is 4.17. The summed E-state index contributed by atoms with van der Waals surface area (Å²) in [6.45, 7) is 11.3. The third kappa shape index (κ3) is 6.58. The SMILES string of the molecule is CCCNCc1cc(C)nc(OCC(C)CCC)c1. The molecule has 1 rings (SSSR count). The minimum absolute atomic E-state index is 0.592. The summed E-state index contributed by atoms with van der Waals surface area (Å²) in [4.78, 5) is 4.44. The molecule has 0 fully saturated rings. The van der Waals surface area contributed by atoms with Gasteiger partial charge in [0.05, 0.1) is 6.61 Å². The highest BCUT2D eigenvalue weighted by atomic mass is 16.5. The molecule has 1 aromatic heterocycles. The molecule has 0 radical (unpaired) electrons. The van der Waals surface area contributed by atoms with Crippen LogP contribution in [0.15, 0.2) is 12.1 Å². The smallest absolute Gasteiger partial charge is 0.213 e. The summed E-state index contributed by atoms with van der Waals surface area (Å²) in [7, 11) is 0. The fraction of sp³-hybridized carbons (Fsp3) is 0.688. The molecule has 0 spiro atoms. The van der Waals surface area contributed by atoms with Crippen molar-refractivity contribution in [3.8, 4) is 5.88 Å². The average molecular weight is 264 g/mol. The van der Waals surface area contributed by atoms with E-state index < -0.39 is 0 Å². The summed E-state index contributed by atoms with van der Waals surface area (Å²) < 4.78 is 5.81. The minimum Gasteiger partial charge on any atom is -0.477 e. The molecule has 0 saturated heterocycles. The number of aromatic nitrogens is 1. The Hall–Kier alpha value is -1.09. The minimum atomic E-state index is 0.592. The van der Waals surface area contributed by atoms with E-state index in [-0.39, 0.29) is 0 Å². The van der Waals surface area contributed by atoms with Crippen LogP contribution >= 0.6 is 0 Å². The zero-order valence-electron chi connectivity index (χ0n) is 12.8. The quantitative estimate of drug-likeness (QED) is 0.690. The molecule has 1 heterocycles. The molecule has 108 valence electrons. The van der Waals surface area contributed by atoms with Gasteiger partial charge in [-0.15, -0.1) is 0 Å². The third-order valence-electron chi connectivity index (χ3n) is 3.04. The number of aryl methyl sites for hydroxylation is 1. The summed E-state index contributed by atoms with van der Waals surface area (Å²) >= 11 is 0. The second kappa shape index (κ2) is 8.92. The summed E-state index contributed by atoms with van der Waals surface area (Å²) in [5.41, 5.74) is 2.27. The highest BCUT2D eigenvalue weighted by Gasteiger charge is 2.05. The van der Waals surface area contributed by atoms with Crippen LogP contribution in [0.4, 0.5) is 0 Å². The van der Waals surface area contributed by atoms with Gasteiger partial charge >= 0.3 is 0 Å². The lowest BCUT2D eigenvalue weighted by Gasteiger charge is -2.13. The molecule has 0 bridgehead atoms. The van der Waals surface area contributed by atoms with Crippen molar-refractivity contribution < 1.29 is 4.74 Å². The maximum absolute atomic E-state index is 5.81. The fourth-order valence-electron chi connectivity index (χ4n) is 2.10. The second-order valence-electron chi connectivity index (χ2n) is 5.34. The van der Waals surface area contributed by atoms with Gasteiger partial charge in [0.1, 0.15) is 0 Å². The molecule has 3 nitrogen and oxygen atoms in total. The van der Waals surface area contributed by atoms with Gasteiger partial charge in [0.25, 0.3) is 0 Å². The van der Waals surface area contributed by atoms with Gasteiger partial charge < -0.3 is 10.1 Å². The van der Waals surface area contributed by atoms with E-state index in [0.29, 0.717) is 5.92 Å². The van der Waals surface area contributed by atoms with E-state index in [0.717, 1.165) is 37.7 Å². The highest BCUT2D eigenvalue weighted by molar-refractivity contribution is 5.24. The lowest BCUT2D eigenvalue weighted by Crippen LogP contribution is -2.14. The summed E-state index contributed by atoms with van der Waals surface area (Å²) in [5, 5.41) is 3.41. The zero-order valence-corrected chi connectivity index (χ0v) is 12.8. The second-order valence-corrected chi connectivity index (χ2v) is 5.34. The molecule has 0 aromatic carbocycles. The van der Waals surface area contributed by atoms with Crippen molar-refractivity contribution in [1.29, 1.82) is 0 Å². The van der Waals surface area contributed by atoms with E-state index in [1.165, 1.54) is 18.4 Å². The van der Waals surface area contributed by atoms with Gasteiger partial charge in [0.15, 0.2) is 0 Å². The van der Waals surface area contributed by atoms with Crippen molar-refractivity contribution in [3.05, 3.63) is 23.4 Å². The first-order chi connectivity index (χ1) is 9.15. The number of nitrogens with zero attached hydrogens (tertiary/aromatic N) is 1. The van der Waals surface area contributed by atoms with Crippen molar-refractivity contribution in [1.82, 2.24) is 10.3 Å². The molecule has 0 aliphatic carbocycles. The van der Waals surface area contributed by atoms with Gasteiger partial charge in [-0.25, -0.2) is 4.98 Å². The fourth-order valence-corrected chi connectivity index (χ4v) is 2.10. The van der Waals surface area contributed by atoms with Crippen molar-refractivity contribution in [2.45, 2.75) is 53.5 Å². The Balaban J connectivity index is 2.53. The van der Waals surface area contributed by atoms with Crippen LogP contribution in [0.2, 0.25) is 0 Å². The summed E-state index contributed by atoms with van der Waals surface area (Å²) in [5.74, 6) is 1.35. The van der Waals surface area contributed by atoms with Gasteiger partial charge in [-0.1, -0.05) is 27.2 Å². The molecular formula is C16H28N2O. The molecule has 19 heavy (non-hydrogen) atoms. The predicted octanol–water partition coefficient (Wildman–Crippen LogP) is 3.70. The molecule has 1 N–H and O–H groups in total. The van der Waals surface area contributed by atoms with Gasteiger partial charge in [-0.05, 0) is 43.9 Å². The van der Waals surface area contributed by atoms with E-state index >= 15 is 0 Å². The first-order valence-electron chi connectivity index (χ1n) is 7.46. The number of rotatable bonds is 9. The Kier molecular flexibility index (Phi) is 7.49. The van der Waals surface area contributed by atoms with Gasteiger partial charge in [0, 0.05) is 18.3 Å². The molecule has 1 aromatic rings. The molecule has 0 aliphatic heterocycles. The Morgan fingerprint density at radius 3 is 2.74 bits per heavy atom. The zero-order chi connectivity index (χ0) is 14.1. The number of hydrogen-bond acceptors (Lipinski definition) is 3. The maximum atomic E-state index is 5.81. The van der Waals surface area contributed by atoms with Crippen molar-refractivity contribution in [3.63, 3.8) is 0 Å². The van der Waals surface area contributed by atoms with Crippen LogP contribution in [0.3, 0.4) is 0 Å². The van der Waals surface area contributed by atoms with Crippen LogP contribution in [0.25, 0.3) is 0 Å². The molecule has 3 heteroatoms.